The lowest BCUT2D eigenvalue weighted by atomic mass is 9.99. The van der Waals surface area contributed by atoms with Gasteiger partial charge >= 0.3 is 0 Å². The Hall–Kier alpha value is -0.570. The predicted molar refractivity (Wildman–Crippen MR) is 67.1 cm³/mol. The molecule has 2 atom stereocenters. The summed E-state index contributed by atoms with van der Waals surface area (Å²) in [5.74, 6) is 0.900. The maximum atomic E-state index is 11.6. The van der Waals surface area contributed by atoms with E-state index in [-0.39, 0.29) is 11.9 Å². The van der Waals surface area contributed by atoms with E-state index in [1.54, 1.807) is 0 Å². The van der Waals surface area contributed by atoms with E-state index < -0.39 is 0 Å². The van der Waals surface area contributed by atoms with E-state index >= 15 is 0 Å². The van der Waals surface area contributed by atoms with Crippen molar-refractivity contribution in [2.75, 3.05) is 0 Å². The Morgan fingerprint density at radius 1 is 1.38 bits per heavy atom. The van der Waals surface area contributed by atoms with Crippen LogP contribution in [-0.2, 0) is 4.79 Å². The summed E-state index contributed by atoms with van der Waals surface area (Å²) < 4.78 is 0. The van der Waals surface area contributed by atoms with E-state index in [2.05, 4.69) is 12.2 Å². The van der Waals surface area contributed by atoms with Crippen molar-refractivity contribution >= 4 is 5.91 Å². The molecule has 0 aromatic carbocycles. The van der Waals surface area contributed by atoms with Crippen molar-refractivity contribution in [3.8, 4) is 0 Å². The molecule has 1 saturated carbocycles. The third-order valence-electron chi connectivity index (χ3n) is 3.56. The minimum atomic E-state index is 0.194. The SMILES string of the molecule is CC(N)CCCC(=O)NC(C)C1CCCC1. The molecule has 3 N–H and O–H groups in total. The zero-order valence-electron chi connectivity index (χ0n) is 10.7. The van der Waals surface area contributed by atoms with Crippen molar-refractivity contribution < 1.29 is 4.79 Å². The number of amides is 1. The maximum absolute atomic E-state index is 11.6. The fourth-order valence-corrected chi connectivity index (χ4v) is 2.49. The largest absolute Gasteiger partial charge is 0.353 e. The number of carbonyl (C=O) groups is 1. The van der Waals surface area contributed by atoms with Crippen molar-refractivity contribution in [2.45, 2.75) is 70.9 Å². The first-order valence-corrected chi connectivity index (χ1v) is 6.64. The van der Waals surface area contributed by atoms with E-state index in [9.17, 15) is 4.79 Å². The van der Waals surface area contributed by atoms with Crippen LogP contribution in [0, 0.1) is 5.92 Å². The minimum absolute atomic E-state index is 0.194. The predicted octanol–water partition coefficient (Wildman–Crippen LogP) is 2.20. The molecule has 0 spiro atoms. The third-order valence-corrected chi connectivity index (χ3v) is 3.56. The third kappa shape index (κ3) is 4.97. The molecule has 1 rings (SSSR count). The molecule has 1 aliphatic carbocycles. The molecule has 3 heteroatoms. The van der Waals surface area contributed by atoms with E-state index in [1.807, 2.05) is 6.92 Å². The van der Waals surface area contributed by atoms with Gasteiger partial charge in [0, 0.05) is 18.5 Å². The zero-order valence-corrected chi connectivity index (χ0v) is 10.7. The molecule has 0 saturated heterocycles. The second kappa shape index (κ2) is 6.89. The van der Waals surface area contributed by atoms with Gasteiger partial charge in [0.25, 0.3) is 0 Å². The molecule has 1 fully saturated rings. The molecule has 0 aromatic heterocycles. The normalized spacial score (nSPS) is 20.7. The fraction of sp³-hybridized carbons (Fsp3) is 0.923. The Morgan fingerprint density at radius 2 is 2.00 bits per heavy atom. The number of rotatable bonds is 6. The number of hydrogen-bond acceptors (Lipinski definition) is 2. The second-order valence-corrected chi connectivity index (χ2v) is 5.27. The first-order chi connectivity index (χ1) is 7.59. The summed E-state index contributed by atoms with van der Waals surface area (Å²) in [7, 11) is 0. The van der Waals surface area contributed by atoms with Gasteiger partial charge in [-0.3, -0.25) is 4.79 Å². The van der Waals surface area contributed by atoms with E-state index in [4.69, 9.17) is 5.73 Å². The lowest BCUT2D eigenvalue weighted by molar-refractivity contribution is -0.122. The maximum Gasteiger partial charge on any atom is 0.220 e. The first kappa shape index (κ1) is 13.5. The highest BCUT2D eigenvalue weighted by molar-refractivity contribution is 5.76. The molecule has 1 amide bonds. The molecule has 0 bridgehead atoms. The number of nitrogens with two attached hydrogens (primary N) is 1. The summed E-state index contributed by atoms with van der Waals surface area (Å²) in [5, 5.41) is 3.12. The van der Waals surface area contributed by atoms with Gasteiger partial charge in [-0.05, 0) is 45.4 Å². The Bertz CT molecular complexity index is 210. The molecule has 2 unspecified atom stereocenters. The number of hydrogen-bond donors (Lipinski definition) is 2. The van der Waals surface area contributed by atoms with E-state index in [0.717, 1.165) is 12.8 Å². The lowest BCUT2D eigenvalue weighted by Gasteiger charge is -2.20. The molecule has 1 aliphatic rings. The van der Waals surface area contributed by atoms with Crippen LogP contribution in [0.25, 0.3) is 0 Å². The van der Waals surface area contributed by atoms with Crippen LogP contribution in [0.3, 0.4) is 0 Å². The standard InChI is InChI=1S/C13H26N2O/c1-10(14)6-5-9-13(16)15-11(2)12-7-3-4-8-12/h10-12H,3-9,14H2,1-2H3,(H,15,16). The Kier molecular flexibility index (Phi) is 5.81. The quantitative estimate of drug-likeness (QED) is 0.729. The van der Waals surface area contributed by atoms with Gasteiger partial charge in [0.05, 0.1) is 0 Å². The minimum Gasteiger partial charge on any atom is -0.353 e. The molecule has 3 nitrogen and oxygen atoms in total. The average Bonchev–Trinajstić information content (AvgIpc) is 2.69. The van der Waals surface area contributed by atoms with Crippen molar-refractivity contribution in [1.82, 2.24) is 5.32 Å². The highest BCUT2D eigenvalue weighted by atomic mass is 16.1. The summed E-state index contributed by atoms with van der Waals surface area (Å²) in [6, 6.07) is 0.561. The summed E-state index contributed by atoms with van der Waals surface area (Å²) in [6.45, 7) is 4.12. The van der Waals surface area contributed by atoms with Gasteiger partial charge < -0.3 is 11.1 Å². The molecule has 0 aromatic rings. The Labute approximate surface area is 99.2 Å². The summed E-state index contributed by atoms with van der Waals surface area (Å²) in [6.07, 6.45) is 7.68. The first-order valence-electron chi connectivity index (χ1n) is 6.64. The van der Waals surface area contributed by atoms with Gasteiger partial charge in [0.2, 0.25) is 5.91 Å². The summed E-state index contributed by atoms with van der Waals surface area (Å²) in [5.41, 5.74) is 5.65. The lowest BCUT2D eigenvalue weighted by Crippen LogP contribution is -2.37. The van der Waals surface area contributed by atoms with Crippen molar-refractivity contribution in [1.29, 1.82) is 0 Å². The Morgan fingerprint density at radius 3 is 2.56 bits per heavy atom. The molecular formula is C13H26N2O. The second-order valence-electron chi connectivity index (χ2n) is 5.27. The highest BCUT2D eigenvalue weighted by Gasteiger charge is 2.22. The van der Waals surface area contributed by atoms with Crippen molar-refractivity contribution in [2.24, 2.45) is 11.7 Å². The molecular weight excluding hydrogens is 200 g/mol. The van der Waals surface area contributed by atoms with Crippen LogP contribution in [0.1, 0.15) is 58.8 Å². The van der Waals surface area contributed by atoms with Crippen molar-refractivity contribution in [3.05, 3.63) is 0 Å². The fourth-order valence-electron chi connectivity index (χ4n) is 2.49. The van der Waals surface area contributed by atoms with Crippen LogP contribution in [0.15, 0.2) is 0 Å². The molecule has 0 radical (unpaired) electrons. The van der Waals surface area contributed by atoms with Gasteiger partial charge in [0.1, 0.15) is 0 Å². The van der Waals surface area contributed by atoms with Gasteiger partial charge in [0.15, 0.2) is 0 Å². The highest BCUT2D eigenvalue weighted by Crippen LogP contribution is 2.27. The van der Waals surface area contributed by atoms with Crippen LogP contribution < -0.4 is 11.1 Å². The van der Waals surface area contributed by atoms with E-state index in [1.165, 1.54) is 25.7 Å². The van der Waals surface area contributed by atoms with Crippen LogP contribution in [0.5, 0.6) is 0 Å². The van der Waals surface area contributed by atoms with E-state index in [0.29, 0.717) is 18.4 Å². The van der Waals surface area contributed by atoms with Crippen molar-refractivity contribution in [3.63, 3.8) is 0 Å². The average molecular weight is 226 g/mol. The Balaban J connectivity index is 2.12. The van der Waals surface area contributed by atoms with Gasteiger partial charge in [-0.2, -0.15) is 0 Å². The molecule has 94 valence electrons. The van der Waals surface area contributed by atoms with Crippen LogP contribution in [0.4, 0.5) is 0 Å². The topological polar surface area (TPSA) is 55.1 Å². The van der Waals surface area contributed by atoms with Gasteiger partial charge in [-0.25, -0.2) is 0 Å². The summed E-state index contributed by atoms with van der Waals surface area (Å²) >= 11 is 0. The van der Waals surface area contributed by atoms with Crippen LogP contribution >= 0.6 is 0 Å². The smallest absolute Gasteiger partial charge is 0.220 e. The molecule has 16 heavy (non-hydrogen) atoms. The van der Waals surface area contributed by atoms with Gasteiger partial charge in [-0.1, -0.05) is 12.8 Å². The number of carbonyl (C=O) groups excluding carboxylic acids is 1. The number of nitrogens with one attached hydrogen (secondary N) is 1. The summed E-state index contributed by atoms with van der Waals surface area (Å²) in [4.78, 5) is 11.6. The molecule has 0 heterocycles. The van der Waals surface area contributed by atoms with Crippen LogP contribution in [-0.4, -0.2) is 18.0 Å². The zero-order chi connectivity index (χ0) is 12.0. The van der Waals surface area contributed by atoms with Crippen LogP contribution in [0.2, 0.25) is 0 Å². The monoisotopic (exact) mass is 226 g/mol. The molecule has 0 aliphatic heterocycles. The van der Waals surface area contributed by atoms with Gasteiger partial charge in [-0.15, -0.1) is 0 Å².